The van der Waals surface area contributed by atoms with Crippen molar-refractivity contribution in [3.05, 3.63) is 136 Å². The smallest absolute Gasteiger partial charge is 0.207 e. The van der Waals surface area contributed by atoms with E-state index in [4.69, 9.17) is 0 Å². The summed E-state index contributed by atoms with van der Waals surface area (Å²) in [6.07, 6.45) is -3.46. The zero-order valence-electron chi connectivity index (χ0n) is 21.4. The molecule has 41 heavy (non-hydrogen) atoms. The highest BCUT2D eigenvalue weighted by Crippen LogP contribution is 2.35. The minimum Gasteiger partial charge on any atom is -0.207 e. The van der Waals surface area contributed by atoms with E-state index in [0.717, 1.165) is 18.2 Å². The van der Waals surface area contributed by atoms with E-state index < -0.39 is 46.7 Å². The first kappa shape index (κ1) is 29.7. The Balaban J connectivity index is 1.50. The van der Waals surface area contributed by atoms with Crippen molar-refractivity contribution < 1.29 is 39.5 Å². The molecule has 0 N–H and O–H groups in total. The van der Waals surface area contributed by atoms with E-state index in [-0.39, 0.29) is 35.1 Å². The number of alkyl halides is 3. The number of aryl methyl sites for hydroxylation is 1. The van der Waals surface area contributed by atoms with Crippen LogP contribution in [0.5, 0.6) is 0 Å². The summed E-state index contributed by atoms with van der Waals surface area (Å²) in [6.45, 7) is 1.57. The predicted molar refractivity (Wildman–Crippen MR) is 140 cm³/mol. The van der Waals surface area contributed by atoms with Crippen LogP contribution in [-0.2, 0) is 19.0 Å². The highest BCUT2D eigenvalue weighted by atomic mass is 19.4. The fraction of sp³-hybridized carbons (Fsp3) is 0.125. The average Bonchev–Trinajstić information content (AvgIpc) is 2.91. The summed E-state index contributed by atoms with van der Waals surface area (Å²) >= 11 is 0. The summed E-state index contributed by atoms with van der Waals surface area (Å²) in [5.74, 6) is -7.43. The van der Waals surface area contributed by atoms with Crippen LogP contribution in [0, 0.1) is 23.3 Å². The molecule has 0 amide bonds. The van der Waals surface area contributed by atoms with Crippen molar-refractivity contribution in [1.82, 2.24) is 0 Å². The van der Waals surface area contributed by atoms with Crippen LogP contribution in [0.3, 0.4) is 0 Å². The van der Waals surface area contributed by atoms with Gasteiger partial charge >= 0.3 is 6.18 Å². The number of rotatable bonds is 7. The van der Waals surface area contributed by atoms with Gasteiger partial charge in [0.15, 0.2) is 11.7 Å². The van der Waals surface area contributed by atoms with Crippen molar-refractivity contribution in [2.24, 2.45) is 0 Å². The standard InChI is InChI=1S/C32H21F9/c1-2-3-25(33)31(38)22-11-9-20(10-12-22)19-5-7-21(8-6-19)23-16-26(34)24(27(35)17-23)13-4-18-14-28(36)30(29(37)15-18)32(39,40)41/h2-3,5-12,14-17H,4,13H2,1H3. The Morgan fingerprint density at radius 2 is 1.10 bits per heavy atom. The molecule has 0 saturated heterocycles. The molecule has 9 heteroatoms. The normalized spacial score (nSPS) is 12.6. The molecule has 0 unspecified atom stereocenters. The van der Waals surface area contributed by atoms with E-state index in [1.807, 2.05) is 0 Å². The fourth-order valence-electron chi connectivity index (χ4n) is 4.34. The molecule has 0 atom stereocenters. The van der Waals surface area contributed by atoms with E-state index >= 15 is 0 Å². The van der Waals surface area contributed by atoms with E-state index in [0.29, 0.717) is 28.8 Å². The topological polar surface area (TPSA) is 0 Å². The first-order valence-electron chi connectivity index (χ1n) is 12.3. The van der Waals surface area contributed by atoms with Crippen molar-refractivity contribution in [3.63, 3.8) is 0 Å². The van der Waals surface area contributed by atoms with Crippen LogP contribution >= 0.6 is 0 Å². The van der Waals surface area contributed by atoms with Crippen LogP contribution in [0.15, 0.2) is 90.8 Å². The van der Waals surface area contributed by atoms with E-state index in [9.17, 15) is 39.5 Å². The Morgan fingerprint density at radius 3 is 1.56 bits per heavy atom. The third-order valence-corrected chi connectivity index (χ3v) is 6.40. The largest absolute Gasteiger partial charge is 0.422 e. The Labute approximate surface area is 230 Å². The lowest BCUT2D eigenvalue weighted by atomic mass is 9.96. The molecule has 4 rings (SSSR count). The van der Waals surface area contributed by atoms with E-state index in [2.05, 4.69) is 0 Å². The molecule has 0 aliphatic rings. The van der Waals surface area contributed by atoms with Gasteiger partial charge in [0, 0.05) is 11.1 Å². The lowest BCUT2D eigenvalue weighted by molar-refractivity contribution is -0.142. The van der Waals surface area contributed by atoms with Gasteiger partial charge in [0.1, 0.15) is 28.8 Å². The van der Waals surface area contributed by atoms with Gasteiger partial charge in [-0.15, -0.1) is 0 Å². The molecule has 0 fully saturated rings. The minimum atomic E-state index is -5.22. The highest BCUT2D eigenvalue weighted by molar-refractivity contribution is 5.72. The Hall–Kier alpha value is -4.27. The van der Waals surface area contributed by atoms with Gasteiger partial charge in [0.25, 0.3) is 0 Å². The molecule has 0 aromatic heterocycles. The van der Waals surface area contributed by atoms with Gasteiger partial charge in [-0.3, -0.25) is 0 Å². The van der Waals surface area contributed by atoms with E-state index in [1.54, 1.807) is 43.3 Å². The number of halogens is 9. The first-order valence-corrected chi connectivity index (χ1v) is 12.3. The maximum atomic E-state index is 14.8. The Kier molecular flexibility index (Phi) is 8.75. The van der Waals surface area contributed by atoms with Gasteiger partial charge in [-0.1, -0.05) is 54.6 Å². The summed E-state index contributed by atoms with van der Waals surface area (Å²) in [5, 5.41) is 0. The lowest BCUT2D eigenvalue weighted by Crippen LogP contribution is -2.12. The summed E-state index contributed by atoms with van der Waals surface area (Å²) in [5.41, 5.74) is -0.406. The van der Waals surface area contributed by atoms with Gasteiger partial charge in [-0.05, 0) is 77.9 Å². The second-order valence-electron chi connectivity index (χ2n) is 9.17. The molecule has 0 aliphatic heterocycles. The first-order chi connectivity index (χ1) is 19.4. The molecular formula is C32H21F9. The summed E-state index contributed by atoms with van der Waals surface area (Å²) < 4.78 is 123. The maximum absolute atomic E-state index is 14.8. The predicted octanol–water partition coefficient (Wildman–Crippen LogP) is 10.6. The number of allylic oxidation sites excluding steroid dienone is 3. The zero-order valence-corrected chi connectivity index (χ0v) is 21.4. The fourth-order valence-corrected chi connectivity index (χ4v) is 4.34. The van der Waals surface area contributed by atoms with Crippen LogP contribution in [-0.4, -0.2) is 0 Å². The van der Waals surface area contributed by atoms with Crippen molar-refractivity contribution in [3.8, 4) is 22.3 Å². The number of benzene rings is 4. The van der Waals surface area contributed by atoms with Gasteiger partial charge in [0.2, 0.25) is 0 Å². The van der Waals surface area contributed by atoms with Gasteiger partial charge in [0.05, 0.1) is 0 Å². The molecule has 0 heterocycles. The third-order valence-electron chi connectivity index (χ3n) is 6.40. The van der Waals surface area contributed by atoms with Gasteiger partial charge in [-0.25, -0.2) is 26.3 Å². The second kappa shape index (κ2) is 12.1. The molecule has 0 radical (unpaired) electrons. The molecule has 0 saturated carbocycles. The van der Waals surface area contributed by atoms with Crippen LogP contribution < -0.4 is 0 Å². The molecule has 0 spiro atoms. The third kappa shape index (κ3) is 6.73. The lowest BCUT2D eigenvalue weighted by Gasteiger charge is -2.12. The Morgan fingerprint density at radius 1 is 0.634 bits per heavy atom. The van der Waals surface area contributed by atoms with E-state index in [1.165, 1.54) is 18.2 Å². The minimum absolute atomic E-state index is 0.0700. The molecule has 0 nitrogen and oxygen atoms in total. The summed E-state index contributed by atoms with van der Waals surface area (Å²) in [6, 6.07) is 15.9. The molecule has 4 aromatic carbocycles. The zero-order chi connectivity index (χ0) is 29.9. The van der Waals surface area contributed by atoms with Crippen molar-refractivity contribution >= 4 is 5.83 Å². The molecule has 4 aromatic rings. The van der Waals surface area contributed by atoms with Crippen LogP contribution in [0.2, 0.25) is 0 Å². The summed E-state index contributed by atoms with van der Waals surface area (Å²) in [7, 11) is 0. The summed E-state index contributed by atoms with van der Waals surface area (Å²) in [4.78, 5) is 0. The van der Waals surface area contributed by atoms with Gasteiger partial charge in [-0.2, -0.15) is 13.2 Å². The van der Waals surface area contributed by atoms with Crippen LogP contribution in [0.25, 0.3) is 28.1 Å². The molecular weight excluding hydrogens is 555 g/mol. The van der Waals surface area contributed by atoms with Crippen LogP contribution in [0.4, 0.5) is 39.5 Å². The SMILES string of the molecule is CC=CC(F)=C(F)c1ccc(-c2ccc(-c3cc(F)c(CCc4cc(F)c(C(F)(F)F)c(F)c4)c(F)c3)cc2)cc1. The Bertz CT molecular complexity index is 1560. The van der Waals surface area contributed by atoms with Crippen molar-refractivity contribution in [2.75, 3.05) is 0 Å². The highest BCUT2D eigenvalue weighted by Gasteiger charge is 2.37. The molecule has 0 aliphatic carbocycles. The maximum Gasteiger partial charge on any atom is 0.422 e. The average molecular weight is 577 g/mol. The monoisotopic (exact) mass is 576 g/mol. The second-order valence-corrected chi connectivity index (χ2v) is 9.17. The molecule has 0 bridgehead atoms. The van der Waals surface area contributed by atoms with Gasteiger partial charge < -0.3 is 0 Å². The number of hydrogen-bond donors (Lipinski definition) is 0. The number of hydrogen-bond acceptors (Lipinski definition) is 0. The molecule has 212 valence electrons. The quantitative estimate of drug-likeness (QED) is 0.152. The van der Waals surface area contributed by atoms with Crippen molar-refractivity contribution in [1.29, 1.82) is 0 Å². The van der Waals surface area contributed by atoms with Crippen molar-refractivity contribution in [2.45, 2.75) is 25.9 Å². The van der Waals surface area contributed by atoms with Crippen LogP contribution in [0.1, 0.15) is 29.2 Å².